The Hall–Kier alpha value is -1.96. The van der Waals surface area contributed by atoms with E-state index in [4.69, 9.17) is 9.72 Å². The first-order valence-corrected chi connectivity index (χ1v) is 11.1. The predicted octanol–water partition coefficient (Wildman–Crippen LogP) is 4.48. The summed E-state index contributed by atoms with van der Waals surface area (Å²) in [5.41, 5.74) is 1.63. The Morgan fingerprint density at radius 3 is 2.71 bits per heavy atom. The number of aromatic nitrogens is 2. The van der Waals surface area contributed by atoms with Crippen molar-refractivity contribution in [3.8, 4) is 0 Å². The van der Waals surface area contributed by atoms with Gasteiger partial charge in [-0.1, -0.05) is 42.1 Å². The van der Waals surface area contributed by atoms with Crippen molar-refractivity contribution in [3.05, 3.63) is 56.7 Å². The SMILES string of the molecule is CCOCCCn1c(SCC(=O)c2ccccc2)nc2sc(C)c(C)c2c1=O. The van der Waals surface area contributed by atoms with Gasteiger partial charge in [0.2, 0.25) is 0 Å². The van der Waals surface area contributed by atoms with Crippen LogP contribution in [-0.2, 0) is 11.3 Å². The number of thiophene rings is 1. The summed E-state index contributed by atoms with van der Waals surface area (Å²) >= 11 is 2.86. The average Bonchev–Trinajstić information content (AvgIpc) is 2.99. The van der Waals surface area contributed by atoms with E-state index in [2.05, 4.69) is 0 Å². The molecule has 7 heteroatoms. The Kier molecular flexibility index (Phi) is 7.04. The van der Waals surface area contributed by atoms with E-state index in [0.717, 1.165) is 21.7 Å². The molecule has 3 aromatic rings. The molecular formula is C21H24N2O3S2. The molecule has 0 saturated heterocycles. The number of aryl methyl sites for hydroxylation is 2. The molecular weight excluding hydrogens is 392 g/mol. The van der Waals surface area contributed by atoms with Gasteiger partial charge in [0.25, 0.3) is 5.56 Å². The minimum Gasteiger partial charge on any atom is -0.382 e. The number of ether oxygens (including phenoxy) is 1. The minimum atomic E-state index is -0.0296. The summed E-state index contributed by atoms with van der Waals surface area (Å²) in [6.07, 6.45) is 0.725. The maximum absolute atomic E-state index is 13.2. The average molecular weight is 417 g/mol. The number of rotatable bonds is 9. The molecule has 0 atom stereocenters. The molecule has 1 aromatic carbocycles. The lowest BCUT2D eigenvalue weighted by molar-refractivity contribution is 0.102. The van der Waals surface area contributed by atoms with Crippen LogP contribution in [0.2, 0.25) is 0 Å². The fourth-order valence-corrected chi connectivity index (χ4v) is 4.91. The van der Waals surface area contributed by atoms with Gasteiger partial charge in [0.15, 0.2) is 10.9 Å². The molecule has 0 spiro atoms. The summed E-state index contributed by atoms with van der Waals surface area (Å²) in [6, 6.07) is 9.20. The third-order valence-corrected chi connectivity index (χ3v) is 6.63. The highest BCUT2D eigenvalue weighted by Gasteiger charge is 2.18. The lowest BCUT2D eigenvalue weighted by atomic mass is 10.2. The molecule has 3 rings (SSSR count). The second-order valence-electron chi connectivity index (χ2n) is 6.44. The van der Waals surface area contributed by atoms with Gasteiger partial charge in [-0.3, -0.25) is 14.2 Å². The van der Waals surface area contributed by atoms with Gasteiger partial charge in [0.05, 0.1) is 11.1 Å². The number of carbonyl (C=O) groups is 1. The molecule has 148 valence electrons. The third-order valence-electron chi connectivity index (χ3n) is 4.56. The van der Waals surface area contributed by atoms with E-state index < -0.39 is 0 Å². The summed E-state index contributed by atoms with van der Waals surface area (Å²) in [5, 5.41) is 1.29. The fraction of sp³-hybridized carbons (Fsp3) is 0.381. The van der Waals surface area contributed by atoms with E-state index in [1.807, 2.05) is 39.0 Å². The number of hydrogen-bond acceptors (Lipinski definition) is 6. The third kappa shape index (κ3) is 4.54. The van der Waals surface area contributed by atoms with Crippen LogP contribution >= 0.6 is 23.1 Å². The Balaban J connectivity index is 1.90. The monoisotopic (exact) mass is 416 g/mol. The van der Waals surface area contributed by atoms with Gasteiger partial charge in [0.1, 0.15) is 4.83 Å². The van der Waals surface area contributed by atoms with E-state index in [0.29, 0.717) is 35.9 Å². The van der Waals surface area contributed by atoms with Crippen molar-refractivity contribution in [3.63, 3.8) is 0 Å². The van der Waals surface area contributed by atoms with Crippen molar-refractivity contribution < 1.29 is 9.53 Å². The summed E-state index contributed by atoms with van der Waals surface area (Å²) < 4.78 is 7.11. The van der Waals surface area contributed by atoms with Crippen LogP contribution < -0.4 is 5.56 Å². The molecule has 0 unspecified atom stereocenters. The number of Topliss-reactive ketones (excluding diaryl/α,β-unsaturated/α-hetero) is 1. The van der Waals surface area contributed by atoms with E-state index >= 15 is 0 Å². The molecule has 2 heterocycles. The van der Waals surface area contributed by atoms with Gasteiger partial charge in [-0.25, -0.2) is 4.98 Å². The van der Waals surface area contributed by atoms with Gasteiger partial charge >= 0.3 is 0 Å². The Bertz CT molecular complexity index is 1030. The number of thioether (sulfide) groups is 1. The largest absolute Gasteiger partial charge is 0.382 e. The zero-order valence-electron chi connectivity index (χ0n) is 16.4. The molecule has 2 aromatic heterocycles. The molecule has 0 aliphatic rings. The topological polar surface area (TPSA) is 61.2 Å². The zero-order chi connectivity index (χ0) is 20.1. The Morgan fingerprint density at radius 2 is 2.00 bits per heavy atom. The highest BCUT2D eigenvalue weighted by molar-refractivity contribution is 7.99. The maximum Gasteiger partial charge on any atom is 0.263 e. The van der Waals surface area contributed by atoms with Crippen molar-refractivity contribution in [2.45, 2.75) is 38.9 Å². The molecule has 0 aliphatic carbocycles. The Morgan fingerprint density at radius 1 is 1.25 bits per heavy atom. The first kappa shape index (κ1) is 20.8. The van der Waals surface area contributed by atoms with Gasteiger partial charge in [0, 0.05) is 30.2 Å². The van der Waals surface area contributed by atoms with Gasteiger partial charge in [-0.15, -0.1) is 11.3 Å². The number of benzene rings is 1. The van der Waals surface area contributed by atoms with Crippen LogP contribution in [0.5, 0.6) is 0 Å². The van der Waals surface area contributed by atoms with Crippen molar-refractivity contribution in [1.29, 1.82) is 0 Å². The molecule has 0 aliphatic heterocycles. The molecule has 0 amide bonds. The van der Waals surface area contributed by atoms with Crippen LogP contribution in [0, 0.1) is 13.8 Å². The molecule has 0 fully saturated rings. The highest BCUT2D eigenvalue weighted by Crippen LogP contribution is 2.28. The van der Waals surface area contributed by atoms with Gasteiger partial charge < -0.3 is 4.74 Å². The molecule has 0 radical (unpaired) electrons. The van der Waals surface area contributed by atoms with Crippen molar-refractivity contribution >= 4 is 39.1 Å². The van der Waals surface area contributed by atoms with Gasteiger partial charge in [-0.05, 0) is 32.8 Å². The van der Waals surface area contributed by atoms with Crippen molar-refractivity contribution in [1.82, 2.24) is 9.55 Å². The van der Waals surface area contributed by atoms with Crippen molar-refractivity contribution in [2.75, 3.05) is 19.0 Å². The molecule has 0 bridgehead atoms. The van der Waals surface area contributed by atoms with Crippen LogP contribution in [0.15, 0.2) is 40.3 Å². The first-order valence-electron chi connectivity index (χ1n) is 9.32. The van der Waals surface area contributed by atoms with E-state index in [1.165, 1.54) is 23.1 Å². The lowest BCUT2D eigenvalue weighted by Crippen LogP contribution is -2.24. The summed E-state index contributed by atoms with van der Waals surface area (Å²) in [4.78, 5) is 32.2. The standard InChI is InChI=1S/C21H24N2O3S2/c1-4-26-12-8-11-23-20(25)18-14(2)15(3)28-19(18)22-21(23)27-13-17(24)16-9-6-5-7-10-16/h5-7,9-10H,4,8,11-13H2,1-3H3. The predicted molar refractivity (Wildman–Crippen MR) is 116 cm³/mol. The highest BCUT2D eigenvalue weighted by atomic mass is 32.2. The summed E-state index contributed by atoms with van der Waals surface area (Å²) in [5.74, 6) is 0.274. The van der Waals surface area contributed by atoms with E-state index in [9.17, 15) is 9.59 Å². The fourth-order valence-electron chi connectivity index (χ4n) is 2.92. The normalized spacial score (nSPS) is 11.2. The molecule has 5 nitrogen and oxygen atoms in total. The van der Waals surface area contributed by atoms with Gasteiger partial charge in [-0.2, -0.15) is 0 Å². The summed E-state index contributed by atoms with van der Waals surface area (Å²) in [7, 11) is 0. The summed E-state index contributed by atoms with van der Waals surface area (Å²) in [6.45, 7) is 7.70. The van der Waals surface area contributed by atoms with Crippen LogP contribution in [0.1, 0.15) is 34.1 Å². The zero-order valence-corrected chi connectivity index (χ0v) is 18.0. The lowest BCUT2D eigenvalue weighted by Gasteiger charge is -2.12. The number of carbonyl (C=O) groups excluding carboxylic acids is 1. The molecule has 0 N–H and O–H groups in total. The quantitative estimate of drug-likeness (QED) is 0.223. The second kappa shape index (κ2) is 9.49. The van der Waals surface area contributed by atoms with E-state index in [-0.39, 0.29) is 17.1 Å². The number of fused-ring (bicyclic) bond motifs is 1. The minimum absolute atomic E-state index is 0.0272. The van der Waals surface area contributed by atoms with Crippen molar-refractivity contribution in [2.24, 2.45) is 0 Å². The molecule has 0 saturated carbocycles. The second-order valence-corrected chi connectivity index (χ2v) is 8.59. The number of nitrogens with zero attached hydrogens (tertiary/aromatic N) is 2. The Labute approximate surface area is 172 Å². The van der Waals surface area contributed by atoms with Crippen LogP contribution in [-0.4, -0.2) is 34.3 Å². The number of hydrogen-bond donors (Lipinski definition) is 0. The van der Waals surface area contributed by atoms with Crippen LogP contribution in [0.3, 0.4) is 0 Å². The smallest absolute Gasteiger partial charge is 0.263 e. The maximum atomic E-state index is 13.2. The van der Waals surface area contributed by atoms with Crippen LogP contribution in [0.4, 0.5) is 0 Å². The molecule has 28 heavy (non-hydrogen) atoms. The van der Waals surface area contributed by atoms with Crippen LogP contribution in [0.25, 0.3) is 10.2 Å². The van der Waals surface area contributed by atoms with E-state index in [1.54, 1.807) is 16.7 Å². The first-order chi connectivity index (χ1) is 13.5. The number of ketones is 1.